The fourth-order valence-electron chi connectivity index (χ4n) is 0.828. The van der Waals surface area contributed by atoms with Crippen molar-refractivity contribution >= 4 is 28.3 Å². The van der Waals surface area contributed by atoms with Crippen molar-refractivity contribution in [1.82, 2.24) is 0 Å². The Kier molecular flexibility index (Phi) is 17.3. The van der Waals surface area contributed by atoms with Crippen LogP contribution >= 0.6 is 0 Å². The average molecular weight is 338 g/mol. The van der Waals surface area contributed by atoms with E-state index in [9.17, 15) is 37.6 Å². The molecule has 1 atom stereocenters. The molecule has 0 fully saturated rings. The van der Waals surface area contributed by atoms with Gasteiger partial charge in [-0.25, -0.2) is 8.42 Å². The van der Waals surface area contributed by atoms with Crippen molar-refractivity contribution in [3.63, 3.8) is 0 Å². The number of aliphatic hydroxyl groups is 1. The summed E-state index contributed by atoms with van der Waals surface area (Å²) in [5.74, 6) is -6.33. The predicted molar refractivity (Wildman–Crippen MR) is 40.0 cm³/mol. The molecule has 0 aliphatic heterocycles. The summed E-state index contributed by atoms with van der Waals surface area (Å²) in [6.07, 6.45) is -3.13. The zero-order valence-electron chi connectivity index (χ0n) is 10.9. The molecular formula is C6H5Na3O10S. The summed E-state index contributed by atoms with van der Waals surface area (Å²) in [5, 5.41) is 29.6. The first-order valence-corrected chi connectivity index (χ1v) is 5.11. The molecule has 1 N–H and O–H groups in total. The molecule has 10 nitrogen and oxygen atoms in total. The van der Waals surface area contributed by atoms with Gasteiger partial charge in [-0.15, -0.1) is 0 Å². The van der Waals surface area contributed by atoms with E-state index in [-0.39, 0.29) is 88.7 Å². The van der Waals surface area contributed by atoms with E-state index in [1.165, 1.54) is 0 Å². The fourth-order valence-corrected chi connectivity index (χ4v) is 1.11. The molecule has 0 saturated heterocycles. The van der Waals surface area contributed by atoms with Crippen LogP contribution in [0.3, 0.4) is 0 Å². The third-order valence-corrected chi connectivity index (χ3v) is 1.84. The van der Waals surface area contributed by atoms with Crippen LogP contribution in [0.5, 0.6) is 0 Å². The van der Waals surface area contributed by atoms with Crippen LogP contribution in [0.2, 0.25) is 0 Å². The van der Waals surface area contributed by atoms with Crippen molar-refractivity contribution in [2.45, 2.75) is 18.4 Å². The largest absolute Gasteiger partial charge is 1.00 e. The summed E-state index contributed by atoms with van der Waals surface area (Å²) >= 11 is 0. The summed E-state index contributed by atoms with van der Waals surface area (Å²) in [5.41, 5.74) is -3.22. The van der Waals surface area contributed by atoms with Crippen molar-refractivity contribution in [2.24, 2.45) is 0 Å². The Morgan fingerprint density at radius 3 is 1.70 bits per heavy atom. The summed E-state index contributed by atoms with van der Waals surface area (Å²) in [6.45, 7) is 0. The average Bonchev–Trinajstić information content (AvgIpc) is 1.96. The molecule has 0 aliphatic rings. The summed E-state index contributed by atoms with van der Waals surface area (Å²) in [4.78, 5) is 31.2. The molecule has 1 unspecified atom stereocenters. The van der Waals surface area contributed by atoms with Gasteiger partial charge in [-0.2, -0.15) is 0 Å². The number of carbonyl (C=O) groups is 3. The first-order chi connectivity index (χ1) is 7.46. The van der Waals surface area contributed by atoms with E-state index in [2.05, 4.69) is 4.18 Å². The van der Waals surface area contributed by atoms with Crippen molar-refractivity contribution in [3.05, 3.63) is 0 Å². The topological polar surface area (TPSA) is 184 Å². The second kappa shape index (κ2) is 11.8. The molecule has 0 aliphatic carbocycles. The Balaban J connectivity index is -0.000000427. The number of hydrogen-bond donors (Lipinski definition) is 1. The Morgan fingerprint density at radius 2 is 1.45 bits per heavy atom. The fraction of sp³-hybridized carbons (Fsp3) is 0.500. The Bertz CT molecular complexity index is 448. The van der Waals surface area contributed by atoms with E-state index in [4.69, 9.17) is 5.11 Å². The van der Waals surface area contributed by atoms with Crippen LogP contribution < -0.4 is 98.9 Å². The maximum absolute atomic E-state index is 10.7. The third-order valence-electron chi connectivity index (χ3n) is 1.45. The van der Waals surface area contributed by atoms with Gasteiger partial charge in [-0.3, -0.25) is 4.79 Å². The first kappa shape index (κ1) is 29.3. The molecule has 20 heavy (non-hydrogen) atoms. The van der Waals surface area contributed by atoms with Gasteiger partial charge in [0, 0.05) is 12.4 Å². The molecule has 0 rings (SSSR count). The minimum absolute atomic E-state index is 0. The van der Waals surface area contributed by atoms with Crippen molar-refractivity contribution in [1.29, 1.82) is 0 Å². The van der Waals surface area contributed by atoms with Gasteiger partial charge in [0.2, 0.25) is 0 Å². The second-order valence-corrected chi connectivity index (χ2v) is 3.89. The van der Waals surface area contributed by atoms with Crippen LogP contribution in [0.4, 0.5) is 0 Å². The first-order valence-electron chi connectivity index (χ1n) is 3.78. The van der Waals surface area contributed by atoms with Crippen molar-refractivity contribution in [2.75, 3.05) is 0 Å². The molecule has 0 heterocycles. The molecule has 0 saturated carbocycles. The quantitative estimate of drug-likeness (QED) is 0.277. The van der Waals surface area contributed by atoms with Gasteiger partial charge in [-0.1, -0.05) is 0 Å². The number of aliphatic carboxylic acids is 2. The molecule has 14 heteroatoms. The summed E-state index contributed by atoms with van der Waals surface area (Å²) in [6, 6.07) is 0. The van der Waals surface area contributed by atoms with Crippen molar-refractivity contribution in [3.8, 4) is 0 Å². The SMILES string of the molecule is O=C([O-])CC(O)(CC(=O)OS(=O)(=O)[O-])C(=O)[O-].[Na+].[Na+].[Na+]. The molecule has 0 spiro atoms. The maximum atomic E-state index is 10.7. The monoisotopic (exact) mass is 338 g/mol. The zero-order chi connectivity index (χ0) is 13.9. The second-order valence-electron chi connectivity index (χ2n) is 2.91. The predicted octanol–water partition coefficient (Wildman–Crippen LogP) is -14.0. The van der Waals surface area contributed by atoms with E-state index >= 15 is 0 Å². The summed E-state index contributed by atoms with van der Waals surface area (Å²) in [7, 11) is -5.44. The maximum Gasteiger partial charge on any atom is 1.00 e. The van der Waals surface area contributed by atoms with E-state index in [1.807, 2.05) is 0 Å². The van der Waals surface area contributed by atoms with E-state index in [0.29, 0.717) is 0 Å². The molecule has 98 valence electrons. The molecule has 0 bridgehead atoms. The van der Waals surface area contributed by atoms with Gasteiger partial charge in [0.25, 0.3) is 10.4 Å². The van der Waals surface area contributed by atoms with Crippen LogP contribution in [0.1, 0.15) is 12.8 Å². The normalized spacial score (nSPS) is 12.5. The number of carboxylic acids is 2. The Labute approximate surface area is 180 Å². The van der Waals surface area contributed by atoms with Gasteiger partial charge in [0.05, 0.1) is 12.4 Å². The van der Waals surface area contributed by atoms with Crippen LogP contribution in [0.25, 0.3) is 0 Å². The zero-order valence-corrected chi connectivity index (χ0v) is 17.8. The van der Waals surface area contributed by atoms with Crippen LogP contribution in [0, 0.1) is 0 Å². The number of carboxylic acid groups (broad SMARTS) is 2. The van der Waals surface area contributed by atoms with Gasteiger partial charge in [-0.05, 0) is 0 Å². The van der Waals surface area contributed by atoms with Crippen molar-refractivity contribution < 1.29 is 136 Å². The third kappa shape index (κ3) is 13.0. The van der Waals surface area contributed by atoms with E-state index < -0.39 is 46.7 Å². The number of carbonyl (C=O) groups excluding carboxylic acids is 3. The standard InChI is InChI=1S/C6H8O10S.3Na/c7-3(8)1-6(12,5(10)11)2-4(9)16-17(13,14)15;;;/h12H,1-2H2,(H,7,8)(H,10,11)(H,13,14,15);;;/q;3*+1/p-3. The molecule has 0 aromatic carbocycles. The number of rotatable bonds is 6. The smallest absolute Gasteiger partial charge is 0.716 e. The van der Waals surface area contributed by atoms with Gasteiger partial charge in [0.1, 0.15) is 5.60 Å². The van der Waals surface area contributed by atoms with Gasteiger partial charge >= 0.3 is 94.6 Å². The van der Waals surface area contributed by atoms with Gasteiger partial charge < -0.3 is 33.6 Å². The molecule has 0 radical (unpaired) electrons. The molecular weight excluding hydrogens is 333 g/mol. The van der Waals surface area contributed by atoms with Crippen LogP contribution in [0.15, 0.2) is 0 Å². The molecule has 0 aromatic heterocycles. The molecule has 0 aromatic rings. The Morgan fingerprint density at radius 1 is 1.05 bits per heavy atom. The summed E-state index contributed by atoms with van der Waals surface area (Å²) < 4.78 is 33.0. The van der Waals surface area contributed by atoms with Crippen LogP contribution in [-0.4, -0.2) is 41.6 Å². The Hall–Kier alpha value is 1.28. The minimum Gasteiger partial charge on any atom is -0.716 e. The van der Waals surface area contributed by atoms with Gasteiger partial charge in [0.15, 0.2) is 0 Å². The van der Waals surface area contributed by atoms with E-state index in [1.54, 1.807) is 0 Å². The van der Waals surface area contributed by atoms with E-state index in [0.717, 1.165) is 0 Å². The van der Waals surface area contributed by atoms with Crippen LogP contribution in [-0.2, 0) is 29.0 Å². The number of hydrogen-bond acceptors (Lipinski definition) is 10. The minimum atomic E-state index is -5.44. The molecule has 0 amide bonds.